The summed E-state index contributed by atoms with van der Waals surface area (Å²) in [6.45, 7) is 2.69. The van der Waals surface area contributed by atoms with E-state index >= 15 is 0 Å². The first kappa shape index (κ1) is 17.0. The third-order valence-corrected chi connectivity index (χ3v) is 3.85. The molecule has 25 heavy (non-hydrogen) atoms. The lowest BCUT2D eigenvalue weighted by Gasteiger charge is -2.09. The van der Waals surface area contributed by atoms with Gasteiger partial charge in [0.2, 0.25) is 5.95 Å². The molecule has 0 saturated heterocycles. The van der Waals surface area contributed by atoms with Crippen LogP contribution < -0.4 is 15.4 Å². The van der Waals surface area contributed by atoms with Gasteiger partial charge in [0.15, 0.2) is 5.82 Å². The molecule has 7 heteroatoms. The molecule has 2 N–H and O–H groups in total. The molecule has 6 nitrogen and oxygen atoms in total. The second-order valence-corrected chi connectivity index (χ2v) is 5.89. The van der Waals surface area contributed by atoms with Gasteiger partial charge in [0, 0.05) is 12.2 Å². The van der Waals surface area contributed by atoms with Crippen LogP contribution in [0.2, 0.25) is 5.02 Å². The van der Waals surface area contributed by atoms with Crippen LogP contribution in [0.25, 0.3) is 0 Å². The summed E-state index contributed by atoms with van der Waals surface area (Å²) in [6.07, 6.45) is 1.55. The van der Waals surface area contributed by atoms with Crippen molar-refractivity contribution in [3.63, 3.8) is 0 Å². The highest BCUT2D eigenvalue weighted by molar-refractivity contribution is 6.32. The van der Waals surface area contributed by atoms with Crippen LogP contribution >= 0.6 is 11.6 Å². The van der Waals surface area contributed by atoms with Crippen LogP contribution in [0, 0.1) is 6.92 Å². The largest absolute Gasteiger partial charge is 0.495 e. The number of hydrogen-bond donors (Lipinski definition) is 2. The molecule has 0 amide bonds. The van der Waals surface area contributed by atoms with E-state index in [2.05, 4.69) is 57.0 Å². The fourth-order valence-electron chi connectivity index (χ4n) is 2.22. The van der Waals surface area contributed by atoms with Gasteiger partial charge >= 0.3 is 0 Å². The summed E-state index contributed by atoms with van der Waals surface area (Å²) in [4.78, 5) is 4.40. The van der Waals surface area contributed by atoms with E-state index in [4.69, 9.17) is 16.3 Å². The molecule has 2 aromatic carbocycles. The van der Waals surface area contributed by atoms with E-state index < -0.39 is 0 Å². The van der Waals surface area contributed by atoms with Gasteiger partial charge in [-0.15, -0.1) is 5.10 Å². The molecule has 0 radical (unpaired) electrons. The zero-order valence-corrected chi connectivity index (χ0v) is 14.7. The maximum absolute atomic E-state index is 6.13. The Hall–Kier alpha value is -2.86. The maximum Gasteiger partial charge on any atom is 0.244 e. The fraction of sp³-hybridized carbons (Fsp3) is 0.167. The van der Waals surface area contributed by atoms with Crippen LogP contribution in [0.5, 0.6) is 5.75 Å². The number of halogens is 1. The van der Waals surface area contributed by atoms with Crippen LogP contribution in [0.1, 0.15) is 11.1 Å². The summed E-state index contributed by atoms with van der Waals surface area (Å²) < 4.78 is 5.14. The van der Waals surface area contributed by atoms with Crippen LogP contribution in [0.3, 0.4) is 0 Å². The highest BCUT2D eigenvalue weighted by Crippen LogP contribution is 2.28. The number of aryl methyl sites for hydroxylation is 1. The van der Waals surface area contributed by atoms with Crippen molar-refractivity contribution in [2.75, 3.05) is 17.7 Å². The lowest BCUT2D eigenvalue weighted by Crippen LogP contribution is -2.06. The Bertz CT molecular complexity index is 854. The minimum Gasteiger partial charge on any atom is -0.495 e. The summed E-state index contributed by atoms with van der Waals surface area (Å²) >= 11 is 6.13. The summed E-state index contributed by atoms with van der Waals surface area (Å²) in [6, 6.07) is 13.7. The Morgan fingerprint density at radius 1 is 1.12 bits per heavy atom. The van der Waals surface area contributed by atoms with E-state index in [0.29, 0.717) is 29.1 Å². The van der Waals surface area contributed by atoms with Crippen molar-refractivity contribution in [1.29, 1.82) is 0 Å². The lowest BCUT2D eigenvalue weighted by molar-refractivity contribution is 0.415. The van der Waals surface area contributed by atoms with Gasteiger partial charge < -0.3 is 15.4 Å². The third kappa shape index (κ3) is 4.58. The van der Waals surface area contributed by atoms with Crippen molar-refractivity contribution in [3.8, 4) is 5.75 Å². The molecule has 0 unspecified atom stereocenters. The number of benzene rings is 2. The molecule has 1 heterocycles. The second kappa shape index (κ2) is 7.81. The van der Waals surface area contributed by atoms with Crippen molar-refractivity contribution in [1.82, 2.24) is 15.2 Å². The number of nitrogens with zero attached hydrogens (tertiary/aromatic N) is 3. The first-order valence-corrected chi connectivity index (χ1v) is 8.11. The highest BCUT2D eigenvalue weighted by atomic mass is 35.5. The van der Waals surface area contributed by atoms with Gasteiger partial charge in [-0.2, -0.15) is 10.1 Å². The lowest BCUT2D eigenvalue weighted by atomic mass is 10.1. The Morgan fingerprint density at radius 2 is 1.92 bits per heavy atom. The average molecular weight is 356 g/mol. The van der Waals surface area contributed by atoms with Crippen molar-refractivity contribution in [2.24, 2.45) is 0 Å². The molecule has 0 aliphatic carbocycles. The Labute approximate surface area is 151 Å². The van der Waals surface area contributed by atoms with Crippen molar-refractivity contribution in [2.45, 2.75) is 13.5 Å². The van der Waals surface area contributed by atoms with Crippen molar-refractivity contribution in [3.05, 3.63) is 64.8 Å². The molecule has 0 fully saturated rings. The summed E-state index contributed by atoms with van der Waals surface area (Å²) in [5, 5.41) is 14.8. The minimum atomic E-state index is 0.449. The third-order valence-electron chi connectivity index (χ3n) is 3.55. The molecule has 1 aromatic heterocycles. The molecular formula is C18H18ClN5O. The van der Waals surface area contributed by atoms with E-state index in [0.717, 1.165) is 11.3 Å². The standard InChI is InChI=1S/C18H18ClN5O/c1-12-3-5-13(6-4-12)10-20-18-23-17(11-21-24-18)22-14-7-8-16(25-2)15(19)9-14/h3-9,11H,10H2,1-2H3,(H2,20,22,23,24). The normalized spacial score (nSPS) is 10.4. The molecular weight excluding hydrogens is 338 g/mol. The van der Waals surface area contributed by atoms with Crippen LogP contribution in [-0.2, 0) is 6.54 Å². The molecule has 3 aromatic rings. The predicted molar refractivity (Wildman–Crippen MR) is 99.6 cm³/mol. The molecule has 0 bridgehead atoms. The number of rotatable bonds is 6. The van der Waals surface area contributed by atoms with E-state index in [1.54, 1.807) is 25.4 Å². The van der Waals surface area contributed by atoms with Crippen molar-refractivity contribution < 1.29 is 4.74 Å². The Kier molecular flexibility index (Phi) is 5.30. The molecule has 3 rings (SSSR count). The average Bonchev–Trinajstić information content (AvgIpc) is 2.62. The SMILES string of the molecule is COc1ccc(Nc2cnnc(NCc3ccc(C)cc3)n2)cc1Cl. The molecule has 0 aliphatic rings. The summed E-state index contributed by atoms with van der Waals surface area (Å²) in [5.41, 5.74) is 3.16. The second-order valence-electron chi connectivity index (χ2n) is 5.48. The smallest absolute Gasteiger partial charge is 0.244 e. The topological polar surface area (TPSA) is 72.0 Å². The molecule has 128 valence electrons. The molecule has 0 atom stereocenters. The van der Waals surface area contributed by atoms with E-state index in [1.165, 1.54) is 5.56 Å². The van der Waals surface area contributed by atoms with Gasteiger partial charge in [-0.25, -0.2) is 0 Å². The minimum absolute atomic E-state index is 0.449. The zero-order valence-electron chi connectivity index (χ0n) is 14.0. The highest BCUT2D eigenvalue weighted by Gasteiger charge is 2.05. The van der Waals surface area contributed by atoms with Gasteiger partial charge in [-0.05, 0) is 30.7 Å². The van der Waals surface area contributed by atoms with Crippen molar-refractivity contribution >= 4 is 29.1 Å². The number of anilines is 3. The van der Waals surface area contributed by atoms with Gasteiger partial charge in [0.1, 0.15) is 5.75 Å². The molecule has 0 spiro atoms. The Balaban J connectivity index is 1.66. The first-order valence-electron chi connectivity index (χ1n) is 7.74. The summed E-state index contributed by atoms with van der Waals surface area (Å²) in [7, 11) is 1.58. The van der Waals surface area contributed by atoms with E-state index in [-0.39, 0.29) is 0 Å². The number of nitrogens with one attached hydrogen (secondary N) is 2. The maximum atomic E-state index is 6.13. The molecule has 0 saturated carbocycles. The number of aromatic nitrogens is 3. The van der Waals surface area contributed by atoms with Crippen LogP contribution in [0.15, 0.2) is 48.7 Å². The first-order chi connectivity index (χ1) is 12.1. The van der Waals surface area contributed by atoms with E-state index in [1.807, 2.05) is 6.07 Å². The quantitative estimate of drug-likeness (QED) is 0.690. The van der Waals surface area contributed by atoms with Gasteiger partial charge in [-0.3, -0.25) is 0 Å². The molecule has 0 aliphatic heterocycles. The zero-order chi connectivity index (χ0) is 17.6. The predicted octanol–water partition coefficient (Wildman–Crippen LogP) is 4.20. The van der Waals surface area contributed by atoms with Crippen LogP contribution in [0.4, 0.5) is 17.5 Å². The number of ether oxygens (including phenoxy) is 1. The fourth-order valence-corrected chi connectivity index (χ4v) is 2.48. The number of methoxy groups -OCH3 is 1. The monoisotopic (exact) mass is 355 g/mol. The van der Waals surface area contributed by atoms with Crippen LogP contribution in [-0.4, -0.2) is 22.3 Å². The van der Waals surface area contributed by atoms with Gasteiger partial charge in [0.05, 0.1) is 18.3 Å². The number of hydrogen-bond acceptors (Lipinski definition) is 6. The van der Waals surface area contributed by atoms with E-state index in [9.17, 15) is 0 Å². The summed E-state index contributed by atoms with van der Waals surface area (Å²) in [5.74, 6) is 1.64. The van der Waals surface area contributed by atoms with Gasteiger partial charge in [0.25, 0.3) is 0 Å². The van der Waals surface area contributed by atoms with Gasteiger partial charge in [-0.1, -0.05) is 41.4 Å². The Morgan fingerprint density at radius 3 is 2.64 bits per heavy atom.